The molecule has 150 valence electrons. The normalized spacial score (nSPS) is 21.2. The van der Waals surface area contributed by atoms with Crippen LogP contribution in [0.25, 0.3) is 11.4 Å². The van der Waals surface area contributed by atoms with E-state index in [2.05, 4.69) is 20.6 Å². The number of methoxy groups -OCH3 is 1. The van der Waals surface area contributed by atoms with Crippen LogP contribution in [-0.2, 0) is 4.74 Å². The fourth-order valence-corrected chi connectivity index (χ4v) is 4.67. The van der Waals surface area contributed by atoms with Gasteiger partial charge in [-0.15, -0.1) is 0 Å². The van der Waals surface area contributed by atoms with E-state index >= 15 is 0 Å². The van der Waals surface area contributed by atoms with Gasteiger partial charge < -0.3 is 28.4 Å². The lowest BCUT2D eigenvalue weighted by molar-refractivity contribution is 0.0220. The highest BCUT2D eigenvalue weighted by Gasteiger charge is 2.29. The summed E-state index contributed by atoms with van der Waals surface area (Å²) in [7, 11) is 1.65. The van der Waals surface area contributed by atoms with Gasteiger partial charge in [0.05, 0.1) is 7.11 Å². The van der Waals surface area contributed by atoms with Gasteiger partial charge in [0.15, 0.2) is 11.5 Å². The molecule has 1 aromatic heterocycles. The van der Waals surface area contributed by atoms with E-state index in [9.17, 15) is 0 Å². The molecule has 0 N–H and O–H groups in total. The van der Waals surface area contributed by atoms with Gasteiger partial charge in [0.25, 0.3) is 0 Å². The molecule has 2 aromatic rings. The second kappa shape index (κ2) is 7.64. The number of hydrogen-bond acceptors (Lipinski definition) is 6. The third-order valence-electron chi connectivity index (χ3n) is 6.18. The number of ether oxygens (including phenoxy) is 4. The smallest absolute Gasteiger partial charge is 0.231 e. The summed E-state index contributed by atoms with van der Waals surface area (Å²) in [5, 5.41) is 0. The van der Waals surface area contributed by atoms with Crippen molar-refractivity contribution in [1.29, 1.82) is 0 Å². The van der Waals surface area contributed by atoms with E-state index in [1.165, 1.54) is 0 Å². The number of imidazole rings is 1. The summed E-state index contributed by atoms with van der Waals surface area (Å²) in [6, 6.07) is 5.14. The standard InChI is InChI=1S/C21H27N3O4/c1-25-18-12-15(13-19-20(18)28-14-27-19)21-22-6-9-24(21)17-2-7-23(8-3-17)16-4-10-26-11-5-16/h6,9,12-13,16-17H,2-5,7-8,10-11,14H2,1H3. The number of aromatic nitrogens is 2. The summed E-state index contributed by atoms with van der Waals surface area (Å²) >= 11 is 0. The lowest BCUT2D eigenvalue weighted by atomic mass is 9.99. The third kappa shape index (κ3) is 3.22. The molecule has 5 rings (SSSR count). The fourth-order valence-electron chi connectivity index (χ4n) is 4.67. The summed E-state index contributed by atoms with van der Waals surface area (Å²) in [4.78, 5) is 7.30. The average Bonchev–Trinajstić information content (AvgIpc) is 3.43. The van der Waals surface area contributed by atoms with Gasteiger partial charge in [0.2, 0.25) is 12.5 Å². The summed E-state index contributed by atoms with van der Waals surface area (Å²) in [6.45, 7) is 4.31. The third-order valence-corrected chi connectivity index (χ3v) is 6.18. The van der Waals surface area contributed by atoms with Crippen LogP contribution in [0.4, 0.5) is 0 Å². The Morgan fingerprint density at radius 3 is 2.64 bits per heavy atom. The molecule has 0 unspecified atom stereocenters. The molecule has 1 aromatic carbocycles. The molecule has 0 amide bonds. The predicted octanol–water partition coefficient (Wildman–Crippen LogP) is 3.10. The maximum absolute atomic E-state index is 5.59. The topological polar surface area (TPSA) is 58.0 Å². The summed E-state index contributed by atoms with van der Waals surface area (Å²) in [5.41, 5.74) is 0.998. The van der Waals surface area contributed by atoms with Crippen molar-refractivity contribution in [3.05, 3.63) is 24.5 Å². The van der Waals surface area contributed by atoms with Gasteiger partial charge in [0.1, 0.15) is 5.82 Å². The van der Waals surface area contributed by atoms with Gasteiger partial charge in [-0.1, -0.05) is 0 Å². The Kier molecular flexibility index (Phi) is 4.86. The molecule has 3 aliphatic rings. The Labute approximate surface area is 165 Å². The number of benzene rings is 1. The highest BCUT2D eigenvalue weighted by Crippen LogP contribution is 2.44. The SMILES string of the molecule is COc1cc(-c2nccn2C2CCN(C3CCOCC3)CC2)cc2c1OCO2. The van der Waals surface area contributed by atoms with Gasteiger partial charge >= 0.3 is 0 Å². The van der Waals surface area contributed by atoms with Crippen LogP contribution in [0.15, 0.2) is 24.5 Å². The van der Waals surface area contributed by atoms with Crippen molar-refractivity contribution in [1.82, 2.24) is 14.5 Å². The average molecular weight is 385 g/mol. The van der Waals surface area contributed by atoms with E-state index < -0.39 is 0 Å². The molecular weight excluding hydrogens is 358 g/mol. The number of likely N-dealkylation sites (tertiary alicyclic amines) is 1. The van der Waals surface area contributed by atoms with E-state index in [1.54, 1.807) is 7.11 Å². The van der Waals surface area contributed by atoms with E-state index in [4.69, 9.17) is 18.9 Å². The van der Waals surface area contributed by atoms with E-state index in [0.29, 0.717) is 23.6 Å². The van der Waals surface area contributed by atoms with Gasteiger partial charge in [-0.05, 0) is 37.8 Å². The van der Waals surface area contributed by atoms with E-state index in [1.807, 2.05) is 18.3 Å². The second-order valence-corrected chi connectivity index (χ2v) is 7.68. The molecule has 3 aliphatic heterocycles. The first-order valence-electron chi connectivity index (χ1n) is 10.2. The first kappa shape index (κ1) is 17.8. The summed E-state index contributed by atoms with van der Waals surface area (Å²) in [6.07, 6.45) is 8.60. The van der Waals surface area contributed by atoms with Crippen LogP contribution in [0, 0.1) is 0 Å². The molecule has 4 heterocycles. The van der Waals surface area contributed by atoms with E-state index in [0.717, 1.165) is 69.1 Å². The molecule has 2 saturated heterocycles. The van der Waals surface area contributed by atoms with Crippen molar-refractivity contribution in [3.8, 4) is 28.6 Å². The molecular formula is C21H27N3O4. The fraction of sp³-hybridized carbons (Fsp3) is 0.571. The molecule has 7 nitrogen and oxygen atoms in total. The van der Waals surface area contributed by atoms with Crippen LogP contribution in [0.1, 0.15) is 31.7 Å². The van der Waals surface area contributed by atoms with Crippen LogP contribution < -0.4 is 14.2 Å². The predicted molar refractivity (Wildman–Crippen MR) is 104 cm³/mol. The van der Waals surface area contributed by atoms with Crippen LogP contribution >= 0.6 is 0 Å². The Morgan fingerprint density at radius 1 is 1.04 bits per heavy atom. The quantitative estimate of drug-likeness (QED) is 0.806. The first-order valence-corrected chi connectivity index (χ1v) is 10.2. The van der Waals surface area contributed by atoms with Gasteiger partial charge in [-0.3, -0.25) is 0 Å². The van der Waals surface area contributed by atoms with Crippen LogP contribution in [0.2, 0.25) is 0 Å². The summed E-state index contributed by atoms with van der Waals surface area (Å²) < 4.78 is 24.4. The molecule has 0 bridgehead atoms. The molecule has 0 atom stereocenters. The monoisotopic (exact) mass is 385 g/mol. The molecule has 7 heteroatoms. The van der Waals surface area contributed by atoms with Crippen LogP contribution in [0.3, 0.4) is 0 Å². The molecule has 0 radical (unpaired) electrons. The van der Waals surface area contributed by atoms with E-state index in [-0.39, 0.29) is 6.79 Å². The first-order chi connectivity index (χ1) is 13.8. The highest BCUT2D eigenvalue weighted by molar-refractivity contribution is 5.67. The largest absolute Gasteiger partial charge is 0.493 e. The van der Waals surface area contributed by atoms with Gasteiger partial charge in [-0.2, -0.15) is 0 Å². The van der Waals surface area contributed by atoms with Crippen molar-refractivity contribution in [2.45, 2.75) is 37.8 Å². The van der Waals surface area contributed by atoms with Crippen molar-refractivity contribution >= 4 is 0 Å². The summed E-state index contributed by atoms with van der Waals surface area (Å²) in [5.74, 6) is 3.04. The van der Waals surface area contributed by atoms with Gasteiger partial charge in [-0.25, -0.2) is 4.98 Å². The molecule has 0 saturated carbocycles. The van der Waals surface area contributed by atoms with Crippen molar-refractivity contribution in [2.75, 3.05) is 40.2 Å². The van der Waals surface area contributed by atoms with Crippen molar-refractivity contribution in [2.24, 2.45) is 0 Å². The lowest BCUT2D eigenvalue weighted by Crippen LogP contribution is -2.44. The highest BCUT2D eigenvalue weighted by atomic mass is 16.7. The molecule has 28 heavy (non-hydrogen) atoms. The number of hydrogen-bond donors (Lipinski definition) is 0. The van der Waals surface area contributed by atoms with Crippen molar-refractivity contribution < 1.29 is 18.9 Å². The minimum Gasteiger partial charge on any atom is -0.493 e. The minimum atomic E-state index is 0.230. The minimum absolute atomic E-state index is 0.230. The van der Waals surface area contributed by atoms with Crippen molar-refractivity contribution in [3.63, 3.8) is 0 Å². The number of fused-ring (bicyclic) bond motifs is 1. The molecule has 0 aliphatic carbocycles. The number of rotatable bonds is 4. The zero-order valence-corrected chi connectivity index (χ0v) is 16.3. The lowest BCUT2D eigenvalue weighted by Gasteiger charge is -2.39. The Bertz CT molecular complexity index is 823. The molecule has 2 fully saturated rings. The number of nitrogens with zero attached hydrogens (tertiary/aromatic N) is 3. The maximum atomic E-state index is 5.59. The van der Waals surface area contributed by atoms with Gasteiger partial charge in [0, 0.05) is 56.3 Å². The second-order valence-electron chi connectivity index (χ2n) is 7.68. The maximum Gasteiger partial charge on any atom is 0.231 e. The number of piperidine rings is 1. The molecule has 0 spiro atoms. The Hall–Kier alpha value is -2.25. The zero-order valence-electron chi connectivity index (χ0n) is 16.3. The zero-order chi connectivity index (χ0) is 18.9. The Balaban J connectivity index is 1.35. The van der Waals surface area contributed by atoms with Crippen LogP contribution in [0.5, 0.6) is 17.2 Å². The van der Waals surface area contributed by atoms with Crippen LogP contribution in [-0.4, -0.2) is 60.7 Å². The Morgan fingerprint density at radius 2 is 1.86 bits per heavy atom.